The molecule has 0 aromatic carbocycles. The molecule has 0 amide bonds. The Kier molecular flexibility index (Phi) is 11.5. The van der Waals surface area contributed by atoms with Gasteiger partial charge in [0.2, 0.25) is 0 Å². The molecule has 4 N–H and O–H groups in total. The van der Waals surface area contributed by atoms with Crippen molar-refractivity contribution in [2.75, 3.05) is 13.2 Å². The van der Waals surface area contributed by atoms with Crippen molar-refractivity contribution >= 4 is 54.9 Å². The van der Waals surface area contributed by atoms with Crippen LogP contribution in [0.2, 0.25) is 0 Å². The van der Waals surface area contributed by atoms with E-state index in [2.05, 4.69) is 0 Å². The number of aromatic nitrogens is 2. The number of carbonyl (C=O) groups excluding carboxylic acids is 1. The third-order valence-electron chi connectivity index (χ3n) is 7.08. The van der Waals surface area contributed by atoms with Gasteiger partial charge in [-0.3, -0.25) is 14.4 Å². The summed E-state index contributed by atoms with van der Waals surface area (Å²) in [5, 5.41) is 32.6. The molecule has 2 aliphatic heterocycles. The van der Waals surface area contributed by atoms with Gasteiger partial charge in [-0.15, -0.1) is 22.7 Å². The molecule has 6 rings (SSSR count). The first kappa shape index (κ1) is 33.9. The number of aromatic hydroxyl groups is 2. The first-order chi connectivity index (χ1) is 19.2. The number of ether oxygens (including phenoxy) is 2. The number of ketones is 1. The van der Waals surface area contributed by atoms with Crippen molar-refractivity contribution in [3.63, 3.8) is 0 Å². The van der Waals surface area contributed by atoms with Crippen LogP contribution in [-0.2, 0) is 22.6 Å². The number of carboxylic acids is 1. The molecule has 2 fully saturated rings. The van der Waals surface area contributed by atoms with Crippen LogP contribution in [0, 0.1) is 0 Å². The Hall–Kier alpha value is -2.56. The second kappa shape index (κ2) is 14.3. The second-order valence-corrected chi connectivity index (χ2v) is 11.5. The first-order valence-corrected chi connectivity index (χ1v) is 14.6. The zero-order chi connectivity index (χ0) is 28.6. The van der Waals surface area contributed by atoms with Gasteiger partial charge in [0.05, 0.1) is 51.3 Å². The molecule has 42 heavy (non-hydrogen) atoms. The Bertz CT molecular complexity index is 1590. The molecule has 2 atom stereocenters. The number of rotatable bonds is 6. The number of pyridine rings is 2. The van der Waals surface area contributed by atoms with Crippen LogP contribution in [0.3, 0.4) is 0 Å². The van der Waals surface area contributed by atoms with E-state index in [4.69, 9.17) is 14.6 Å². The third kappa shape index (κ3) is 6.50. The SMILES string of the molecule is CC(=O)c1c(O)c(=O)n(CC2CCCO2)c2ccsc12.O=C(O)c1c(O)c(=O)n(CC2CCCO2)c2ccsc12.[Na+].[OH-]. The van der Waals surface area contributed by atoms with E-state index in [1.807, 2.05) is 11.4 Å². The maximum atomic E-state index is 12.3. The van der Waals surface area contributed by atoms with Crippen molar-refractivity contribution in [2.45, 2.75) is 57.9 Å². The molecule has 2 unspecified atom stereocenters. The molecular formula is C27H29N2NaO10S2. The Labute approximate surface area is 269 Å². The van der Waals surface area contributed by atoms with Crippen LogP contribution in [0.4, 0.5) is 0 Å². The van der Waals surface area contributed by atoms with Crippen LogP contribution in [-0.4, -0.2) is 67.1 Å². The van der Waals surface area contributed by atoms with Gasteiger partial charge in [-0.05, 0) is 55.5 Å². The summed E-state index contributed by atoms with van der Waals surface area (Å²) in [7, 11) is 0. The summed E-state index contributed by atoms with van der Waals surface area (Å²) in [6.07, 6.45) is 3.64. The summed E-state index contributed by atoms with van der Waals surface area (Å²) >= 11 is 2.55. The number of hydrogen-bond donors (Lipinski definition) is 3. The number of aromatic carboxylic acids is 1. The fourth-order valence-electron chi connectivity index (χ4n) is 5.18. The number of carbonyl (C=O) groups is 2. The molecule has 15 heteroatoms. The summed E-state index contributed by atoms with van der Waals surface area (Å²) in [4.78, 5) is 47.4. The van der Waals surface area contributed by atoms with Crippen LogP contribution >= 0.6 is 22.7 Å². The zero-order valence-corrected chi connectivity index (χ0v) is 26.7. The van der Waals surface area contributed by atoms with Gasteiger partial charge in [0, 0.05) is 13.2 Å². The number of fused-ring (bicyclic) bond motifs is 2. The van der Waals surface area contributed by atoms with Crippen LogP contribution in [0.25, 0.3) is 20.4 Å². The number of nitrogens with zero attached hydrogens (tertiary/aromatic N) is 2. The first-order valence-electron chi connectivity index (χ1n) is 12.8. The maximum Gasteiger partial charge on any atom is 1.00 e. The number of carboxylic acid groups (broad SMARTS) is 1. The van der Waals surface area contributed by atoms with E-state index < -0.39 is 28.6 Å². The van der Waals surface area contributed by atoms with E-state index in [1.165, 1.54) is 38.7 Å². The molecule has 0 saturated carbocycles. The van der Waals surface area contributed by atoms with Crippen molar-refractivity contribution < 1.29 is 69.4 Å². The van der Waals surface area contributed by atoms with Crippen molar-refractivity contribution in [1.82, 2.24) is 9.13 Å². The molecule has 220 valence electrons. The summed E-state index contributed by atoms with van der Waals surface area (Å²) in [6, 6.07) is 3.50. The summed E-state index contributed by atoms with van der Waals surface area (Å²) in [6.45, 7) is 3.49. The predicted molar refractivity (Wildman–Crippen MR) is 152 cm³/mol. The minimum Gasteiger partial charge on any atom is -0.870 e. The van der Waals surface area contributed by atoms with Crippen molar-refractivity contribution in [1.29, 1.82) is 0 Å². The molecule has 6 heterocycles. The van der Waals surface area contributed by atoms with Crippen LogP contribution in [0.5, 0.6) is 11.5 Å². The topological polar surface area (TPSA) is 187 Å². The van der Waals surface area contributed by atoms with Gasteiger partial charge in [0.25, 0.3) is 11.1 Å². The van der Waals surface area contributed by atoms with Gasteiger partial charge in [0.15, 0.2) is 17.3 Å². The zero-order valence-electron chi connectivity index (χ0n) is 23.1. The van der Waals surface area contributed by atoms with Crippen molar-refractivity contribution in [3.05, 3.63) is 54.7 Å². The normalized spacial score (nSPS) is 17.8. The van der Waals surface area contributed by atoms with E-state index in [-0.39, 0.29) is 64.2 Å². The van der Waals surface area contributed by atoms with E-state index in [0.29, 0.717) is 46.7 Å². The molecule has 0 bridgehead atoms. The number of thiophene rings is 2. The molecular weight excluding hydrogens is 599 g/mol. The van der Waals surface area contributed by atoms with Crippen LogP contribution < -0.4 is 40.7 Å². The Balaban J connectivity index is 0.000000220. The molecule has 0 aliphatic carbocycles. The van der Waals surface area contributed by atoms with E-state index in [0.717, 1.165) is 25.7 Å². The number of Topliss-reactive ketones (excluding diaryl/α,β-unsaturated/α-hetero) is 1. The smallest absolute Gasteiger partial charge is 0.870 e. The van der Waals surface area contributed by atoms with E-state index in [1.54, 1.807) is 11.4 Å². The van der Waals surface area contributed by atoms with Gasteiger partial charge < -0.3 is 39.4 Å². The molecule has 4 aromatic rings. The molecule has 4 aromatic heterocycles. The van der Waals surface area contributed by atoms with Gasteiger partial charge in [-0.2, -0.15) is 0 Å². The van der Waals surface area contributed by atoms with Gasteiger partial charge >= 0.3 is 35.5 Å². The van der Waals surface area contributed by atoms with Gasteiger partial charge in [0.1, 0.15) is 5.56 Å². The molecule has 0 spiro atoms. The van der Waals surface area contributed by atoms with Crippen LogP contribution in [0.15, 0.2) is 32.5 Å². The predicted octanol–water partition coefficient (Wildman–Crippen LogP) is 0.623. The molecule has 2 aliphatic rings. The molecule has 2 saturated heterocycles. The van der Waals surface area contributed by atoms with Crippen LogP contribution in [0.1, 0.15) is 53.3 Å². The van der Waals surface area contributed by atoms with Gasteiger partial charge in [-0.25, -0.2) is 4.79 Å². The van der Waals surface area contributed by atoms with E-state index in [9.17, 15) is 29.4 Å². The fraction of sp³-hybridized carbons (Fsp3) is 0.407. The molecule has 0 radical (unpaired) electrons. The maximum absolute atomic E-state index is 12.3. The van der Waals surface area contributed by atoms with Gasteiger partial charge in [-0.1, -0.05) is 0 Å². The Morgan fingerprint density at radius 1 is 0.857 bits per heavy atom. The Morgan fingerprint density at radius 2 is 1.29 bits per heavy atom. The summed E-state index contributed by atoms with van der Waals surface area (Å²) in [5.74, 6) is -2.75. The quantitative estimate of drug-likeness (QED) is 0.202. The minimum absolute atomic E-state index is 0. The summed E-state index contributed by atoms with van der Waals surface area (Å²) in [5.41, 5.74) is -0.156. The standard InChI is InChI=1S/C14H15NO4S.C13H13NO5S.Na.H2O/c1-8(16)11-12(17)14(18)15(7-9-3-2-5-19-9)10-4-6-20-13(10)11;15-10-9(13(17)18)11-8(3-5-20-11)14(12(10)16)6-7-2-1-4-19-7;;/h4,6,9,17H,2-3,5,7H2,1H3;3,5,7,15H,1-2,4,6H2,(H,17,18);;1H2/q;;+1;/p-1. The fourth-order valence-corrected chi connectivity index (χ4v) is 7.10. The number of hydrogen-bond acceptors (Lipinski definition) is 11. The minimum atomic E-state index is -1.30. The summed E-state index contributed by atoms with van der Waals surface area (Å²) < 4.78 is 15.0. The molecule has 12 nitrogen and oxygen atoms in total. The second-order valence-electron chi connectivity index (χ2n) is 9.68. The average Bonchev–Trinajstić information content (AvgIpc) is 3.72. The third-order valence-corrected chi connectivity index (χ3v) is 8.92. The van der Waals surface area contributed by atoms with Crippen molar-refractivity contribution in [3.8, 4) is 11.5 Å². The van der Waals surface area contributed by atoms with E-state index >= 15 is 0 Å². The monoisotopic (exact) mass is 628 g/mol. The van der Waals surface area contributed by atoms with Crippen molar-refractivity contribution in [2.24, 2.45) is 0 Å². The largest absolute Gasteiger partial charge is 1.00 e. The average molecular weight is 629 g/mol. The Morgan fingerprint density at radius 3 is 1.67 bits per heavy atom.